The Morgan fingerprint density at radius 1 is 1.00 bits per heavy atom. The molecule has 2 atom stereocenters. The number of carbonyl (C=O) groups excluding carboxylic acids is 2. The normalized spacial score (nSPS) is 19.0. The summed E-state index contributed by atoms with van der Waals surface area (Å²) in [5.74, 6) is -1.51. The number of rotatable bonds is 4. The van der Waals surface area contributed by atoms with Crippen LogP contribution in [0.25, 0.3) is 0 Å². The molecule has 6 nitrogen and oxygen atoms in total. The van der Waals surface area contributed by atoms with E-state index in [4.69, 9.17) is 4.74 Å². The van der Waals surface area contributed by atoms with Crippen LogP contribution in [0.2, 0.25) is 0 Å². The van der Waals surface area contributed by atoms with Gasteiger partial charge < -0.3 is 19.7 Å². The standard InChI is InChI=1S/C24H27F3N2O4/c1-23(2,3)33-22(31)29-14-13-19(18(15-29)16-9-5-4-6-10-16)28-21(30)17-11-7-8-12-20(17)32-24(25,26)27/h4-12,18-19H,13-15H2,1-3H3,(H,28,30)/t18-,19+/m0/s1. The third kappa shape index (κ3) is 6.87. The van der Waals surface area contributed by atoms with E-state index in [9.17, 15) is 22.8 Å². The number of carbonyl (C=O) groups is 2. The first kappa shape index (κ1) is 24.4. The number of hydrogen-bond donors (Lipinski definition) is 1. The highest BCUT2D eigenvalue weighted by atomic mass is 19.4. The van der Waals surface area contributed by atoms with Crippen LogP contribution in [0.3, 0.4) is 0 Å². The largest absolute Gasteiger partial charge is 0.573 e. The second-order valence-corrected chi connectivity index (χ2v) is 8.86. The van der Waals surface area contributed by atoms with E-state index in [0.717, 1.165) is 11.6 Å². The number of amides is 2. The number of ether oxygens (including phenoxy) is 2. The van der Waals surface area contributed by atoms with E-state index in [1.807, 2.05) is 30.3 Å². The van der Waals surface area contributed by atoms with Gasteiger partial charge in [-0.3, -0.25) is 4.79 Å². The summed E-state index contributed by atoms with van der Waals surface area (Å²) in [5, 5.41) is 2.85. The lowest BCUT2D eigenvalue weighted by molar-refractivity contribution is -0.274. The second kappa shape index (κ2) is 9.72. The third-order valence-corrected chi connectivity index (χ3v) is 5.17. The summed E-state index contributed by atoms with van der Waals surface area (Å²) in [6.45, 7) is 5.99. The maximum Gasteiger partial charge on any atom is 0.573 e. The molecule has 0 saturated carbocycles. The van der Waals surface area contributed by atoms with Crippen molar-refractivity contribution >= 4 is 12.0 Å². The number of alkyl halides is 3. The highest BCUT2D eigenvalue weighted by Crippen LogP contribution is 2.30. The molecule has 1 aliphatic heterocycles. The molecule has 178 valence electrons. The first-order valence-electron chi connectivity index (χ1n) is 10.6. The number of hydrogen-bond acceptors (Lipinski definition) is 4. The Morgan fingerprint density at radius 3 is 2.27 bits per heavy atom. The van der Waals surface area contributed by atoms with Crippen molar-refractivity contribution in [3.8, 4) is 5.75 Å². The van der Waals surface area contributed by atoms with Crippen LogP contribution < -0.4 is 10.1 Å². The van der Waals surface area contributed by atoms with Crippen molar-refractivity contribution in [2.45, 2.75) is 51.1 Å². The number of benzene rings is 2. The number of piperidine rings is 1. The second-order valence-electron chi connectivity index (χ2n) is 8.86. The summed E-state index contributed by atoms with van der Waals surface area (Å²) in [7, 11) is 0. The molecule has 0 radical (unpaired) electrons. The molecule has 1 aliphatic rings. The molecule has 1 fully saturated rings. The predicted molar refractivity (Wildman–Crippen MR) is 116 cm³/mol. The minimum Gasteiger partial charge on any atom is -0.444 e. The van der Waals surface area contributed by atoms with Gasteiger partial charge in [0.15, 0.2) is 0 Å². The molecule has 2 aromatic carbocycles. The number of halogens is 3. The summed E-state index contributed by atoms with van der Waals surface area (Å²) >= 11 is 0. The molecule has 1 saturated heterocycles. The Morgan fingerprint density at radius 2 is 1.64 bits per heavy atom. The van der Waals surface area contributed by atoms with Crippen LogP contribution in [-0.2, 0) is 4.74 Å². The molecule has 0 aromatic heterocycles. The van der Waals surface area contributed by atoms with Gasteiger partial charge >= 0.3 is 12.5 Å². The Labute approximate surface area is 190 Å². The topological polar surface area (TPSA) is 67.9 Å². The summed E-state index contributed by atoms with van der Waals surface area (Å²) in [6.07, 6.45) is -4.95. The molecule has 0 spiro atoms. The zero-order valence-electron chi connectivity index (χ0n) is 18.7. The average molecular weight is 464 g/mol. The minimum absolute atomic E-state index is 0.212. The molecule has 2 aromatic rings. The Bertz CT molecular complexity index is 974. The van der Waals surface area contributed by atoms with Crippen molar-refractivity contribution in [2.75, 3.05) is 13.1 Å². The van der Waals surface area contributed by atoms with Crippen molar-refractivity contribution in [2.24, 2.45) is 0 Å². The van der Waals surface area contributed by atoms with Crippen molar-refractivity contribution in [3.63, 3.8) is 0 Å². The van der Waals surface area contributed by atoms with E-state index in [1.165, 1.54) is 18.2 Å². The van der Waals surface area contributed by atoms with Crippen LogP contribution in [-0.4, -0.2) is 48.0 Å². The lowest BCUT2D eigenvalue weighted by Crippen LogP contribution is -2.52. The van der Waals surface area contributed by atoms with Crippen molar-refractivity contribution < 1.29 is 32.2 Å². The Kier molecular flexibility index (Phi) is 7.19. The molecule has 9 heteroatoms. The fourth-order valence-corrected chi connectivity index (χ4v) is 3.77. The van der Waals surface area contributed by atoms with Crippen molar-refractivity contribution in [3.05, 3.63) is 65.7 Å². The monoisotopic (exact) mass is 464 g/mol. The smallest absolute Gasteiger partial charge is 0.444 e. The molecule has 0 aliphatic carbocycles. The molecule has 33 heavy (non-hydrogen) atoms. The van der Waals surface area contributed by atoms with E-state index in [2.05, 4.69) is 10.1 Å². The number of nitrogens with zero attached hydrogens (tertiary/aromatic N) is 1. The van der Waals surface area contributed by atoms with Crippen LogP contribution in [0.4, 0.5) is 18.0 Å². The van der Waals surface area contributed by atoms with Gasteiger partial charge in [-0.05, 0) is 44.9 Å². The van der Waals surface area contributed by atoms with Gasteiger partial charge in [-0.2, -0.15) is 0 Å². The van der Waals surface area contributed by atoms with Gasteiger partial charge in [-0.25, -0.2) is 4.79 Å². The fourth-order valence-electron chi connectivity index (χ4n) is 3.77. The van der Waals surface area contributed by atoms with Gasteiger partial charge in [-0.1, -0.05) is 42.5 Å². The molecule has 0 unspecified atom stereocenters. The zero-order chi connectivity index (χ0) is 24.2. The predicted octanol–water partition coefficient (Wildman–Crippen LogP) is 5.11. The van der Waals surface area contributed by atoms with E-state index in [0.29, 0.717) is 19.5 Å². The minimum atomic E-state index is -4.91. The molecule has 1 N–H and O–H groups in total. The van der Waals surface area contributed by atoms with Crippen molar-refractivity contribution in [1.82, 2.24) is 10.2 Å². The molecule has 3 rings (SSSR count). The summed E-state index contributed by atoms with van der Waals surface area (Å²) in [5.41, 5.74) is 0.0409. The van der Waals surface area contributed by atoms with Gasteiger partial charge in [-0.15, -0.1) is 13.2 Å². The first-order valence-corrected chi connectivity index (χ1v) is 10.6. The van der Waals surface area contributed by atoms with E-state index in [1.54, 1.807) is 25.7 Å². The van der Waals surface area contributed by atoms with E-state index >= 15 is 0 Å². The van der Waals surface area contributed by atoms with E-state index in [-0.39, 0.29) is 11.5 Å². The zero-order valence-corrected chi connectivity index (χ0v) is 18.7. The SMILES string of the molecule is CC(C)(C)OC(=O)N1CC[C@@H](NC(=O)c2ccccc2OC(F)(F)F)[C@H](c2ccccc2)C1. The van der Waals surface area contributed by atoms with Crippen LogP contribution >= 0.6 is 0 Å². The maximum absolute atomic E-state index is 12.9. The fraction of sp³-hybridized carbons (Fsp3) is 0.417. The molecular formula is C24H27F3N2O4. The highest BCUT2D eigenvalue weighted by molar-refractivity contribution is 5.97. The van der Waals surface area contributed by atoms with Crippen LogP contribution in [0, 0.1) is 0 Å². The van der Waals surface area contributed by atoms with Crippen molar-refractivity contribution in [1.29, 1.82) is 0 Å². The Balaban J connectivity index is 1.81. The lowest BCUT2D eigenvalue weighted by Gasteiger charge is -2.39. The van der Waals surface area contributed by atoms with Crippen LogP contribution in [0.1, 0.15) is 49.0 Å². The molecule has 0 bridgehead atoms. The van der Waals surface area contributed by atoms with Gasteiger partial charge in [0.25, 0.3) is 5.91 Å². The summed E-state index contributed by atoms with van der Waals surface area (Å²) in [6, 6.07) is 14.2. The van der Waals surface area contributed by atoms with Crippen LogP contribution in [0.15, 0.2) is 54.6 Å². The Hall–Kier alpha value is -3.23. The van der Waals surface area contributed by atoms with Gasteiger partial charge in [0.2, 0.25) is 0 Å². The van der Waals surface area contributed by atoms with Gasteiger partial charge in [0.05, 0.1) is 5.56 Å². The average Bonchev–Trinajstić information content (AvgIpc) is 2.72. The molecule has 1 heterocycles. The van der Waals surface area contributed by atoms with Gasteiger partial charge in [0.1, 0.15) is 11.4 Å². The van der Waals surface area contributed by atoms with Gasteiger partial charge in [0, 0.05) is 25.0 Å². The summed E-state index contributed by atoms with van der Waals surface area (Å²) in [4.78, 5) is 27.1. The summed E-state index contributed by atoms with van der Waals surface area (Å²) < 4.78 is 47.8. The highest BCUT2D eigenvalue weighted by Gasteiger charge is 2.37. The third-order valence-electron chi connectivity index (χ3n) is 5.17. The molecule has 2 amide bonds. The number of para-hydroxylation sites is 1. The lowest BCUT2D eigenvalue weighted by atomic mass is 9.86. The quantitative estimate of drug-likeness (QED) is 0.683. The first-order chi connectivity index (χ1) is 15.4. The number of likely N-dealkylation sites (tertiary alicyclic amines) is 1. The maximum atomic E-state index is 12.9. The van der Waals surface area contributed by atoms with E-state index < -0.39 is 35.8 Å². The number of nitrogens with one attached hydrogen (secondary N) is 1. The van der Waals surface area contributed by atoms with Crippen LogP contribution in [0.5, 0.6) is 5.75 Å². The molecular weight excluding hydrogens is 437 g/mol.